The topological polar surface area (TPSA) is 39.1 Å². The molecule has 0 unspecified atom stereocenters. The number of Topliss-reactive ketones (excluding diaryl/α,β-unsaturated/α-hetero) is 1. The second-order valence-electron chi connectivity index (χ2n) is 3.78. The lowest BCUT2D eigenvalue weighted by molar-refractivity contribution is 0.101. The van der Waals surface area contributed by atoms with Crippen molar-refractivity contribution >= 4 is 5.78 Å². The molecule has 0 aromatic carbocycles. The number of aromatic nitrogens is 1. The van der Waals surface area contributed by atoms with Gasteiger partial charge in [-0.05, 0) is 38.3 Å². The van der Waals surface area contributed by atoms with Crippen molar-refractivity contribution < 1.29 is 4.79 Å². The van der Waals surface area contributed by atoms with E-state index in [-0.39, 0.29) is 11.3 Å². The van der Waals surface area contributed by atoms with E-state index in [4.69, 9.17) is 0 Å². The Labute approximate surface area is 96.1 Å². The number of ketones is 1. The Kier molecular flexibility index (Phi) is 4.47. The molecule has 0 spiro atoms. The van der Waals surface area contributed by atoms with E-state index in [1.54, 1.807) is 22.9 Å². The van der Waals surface area contributed by atoms with Crippen molar-refractivity contribution in [2.75, 3.05) is 0 Å². The number of hydrogen-bond acceptors (Lipinski definition) is 2. The molecule has 1 aliphatic rings. The predicted octanol–water partition coefficient (Wildman–Crippen LogP) is 2.80. The number of pyridine rings is 1. The molecular formula is C13H19NO2. The predicted molar refractivity (Wildman–Crippen MR) is 64.9 cm³/mol. The molecule has 0 radical (unpaired) electrons. The summed E-state index contributed by atoms with van der Waals surface area (Å²) in [6.45, 7) is 5.43. The van der Waals surface area contributed by atoms with E-state index in [1.807, 2.05) is 13.8 Å². The summed E-state index contributed by atoms with van der Waals surface area (Å²) in [5, 5.41) is 0. The quantitative estimate of drug-likeness (QED) is 0.720. The Balaban J connectivity index is 0.000000606. The summed E-state index contributed by atoms with van der Waals surface area (Å²) in [5.41, 5.74) is 0.170. The lowest BCUT2D eigenvalue weighted by Crippen LogP contribution is -2.31. The number of carbonyl (C=O) groups excluding carboxylic acids is 1. The Morgan fingerprint density at radius 3 is 2.44 bits per heavy atom. The molecule has 0 aliphatic heterocycles. The highest BCUT2D eigenvalue weighted by Gasteiger charge is 2.21. The minimum Gasteiger partial charge on any atom is -0.312 e. The Hall–Kier alpha value is -1.38. The molecule has 88 valence electrons. The van der Waals surface area contributed by atoms with Gasteiger partial charge in [-0.1, -0.05) is 13.8 Å². The number of nitrogens with zero attached hydrogens (tertiary/aromatic N) is 1. The zero-order valence-corrected chi connectivity index (χ0v) is 10.2. The van der Waals surface area contributed by atoms with Gasteiger partial charge in [0.2, 0.25) is 0 Å². The van der Waals surface area contributed by atoms with Crippen LogP contribution in [-0.4, -0.2) is 10.4 Å². The van der Waals surface area contributed by atoms with Crippen LogP contribution in [0.4, 0.5) is 0 Å². The third kappa shape index (κ3) is 2.40. The summed E-state index contributed by atoms with van der Waals surface area (Å²) in [6.07, 6.45) is 5.07. The first-order valence-corrected chi connectivity index (χ1v) is 5.92. The molecule has 16 heavy (non-hydrogen) atoms. The van der Waals surface area contributed by atoms with Crippen LogP contribution < -0.4 is 5.56 Å². The molecule has 0 atom stereocenters. The van der Waals surface area contributed by atoms with Gasteiger partial charge in [0.25, 0.3) is 5.56 Å². The molecule has 0 amide bonds. The van der Waals surface area contributed by atoms with Gasteiger partial charge in [0, 0.05) is 12.2 Å². The summed E-state index contributed by atoms with van der Waals surface area (Å²) in [4.78, 5) is 22.9. The van der Waals surface area contributed by atoms with E-state index in [9.17, 15) is 9.59 Å². The Bertz CT molecular complexity index is 416. The molecule has 3 nitrogen and oxygen atoms in total. The van der Waals surface area contributed by atoms with Gasteiger partial charge in [0.05, 0.1) is 5.56 Å². The maximum absolute atomic E-state index is 11.8. The van der Waals surface area contributed by atoms with Gasteiger partial charge < -0.3 is 4.57 Å². The van der Waals surface area contributed by atoms with E-state index >= 15 is 0 Å². The van der Waals surface area contributed by atoms with Crippen molar-refractivity contribution in [2.24, 2.45) is 0 Å². The maximum atomic E-state index is 11.8. The third-order valence-corrected chi connectivity index (χ3v) is 2.82. The molecule has 1 fully saturated rings. The molecule has 0 N–H and O–H groups in total. The SMILES string of the molecule is CC.CC(=O)c1cccn(C2CCC2)c1=O. The van der Waals surface area contributed by atoms with Crippen LogP contribution in [0.2, 0.25) is 0 Å². The molecule has 0 saturated heterocycles. The molecule has 1 aliphatic carbocycles. The van der Waals surface area contributed by atoms with Crippen LogP contribution in [0.15, 0.2) is 23.1 Å². The highest BCUT2D eigenvalue weighted by atomic mass is 16.1. The van der Waals surface area contributed by atoms with E-state index in [2.05, 4.69) is 0 Å². The van der Waals surface area contributed by atoms with E-state index in [0.29, 0.717) is 11.6 Å². The fraction of sp³-hybridized carbons (Fsp3) is 0.538. The van der Waals surface area contributed by atoms with Gasteiger partial charge in [0.15, 0.2) is 5.78 Å². The highest BCUT2D eigenvalue weighted by Crippen LogP contribution is 2.29. The van der Waals surface area contributed by atoms with Crippen molar-refractivity contribution in [2.45, 2.75) is 46.1 Å². The van der Waals surface area contributed by atoms with E-state index < -0.39 is 0 Å². The summed E-state index contributed by atoms with van der Waals surface area (Å²) in [6, 6.07) is 3.69. The van der Waals surface area contributed by atoms with Crippen molar-refractivity contribution in [1.82, 2.24) is 4.57 Å². The third-order valence-electron chi connectivity index (χ3n) is 2.82. The van der Waals surface area contributed by atoms with Gasteiger partial charge in [-0.3, -0.25) is 9.59 Å². The van der Waals surface area contributed by atoms with Gasteiger partial charge in [-0.15, -0.1) is 0 Å². The van der Waals surface area contributed by atoms with Crippen molar-refractivity contribution in [1.29, 1.82) is 0 Å². The molecule has 3 heteroatoms. The minimum atomic E-state index is -0.149. The molecule has 2 rings (SSSR count). The summed E-state index contributed by atoms with van der Waals surface area (Å²) >= 11 is 0. The molecule has 1 saturated carbocycles. The first kappa shape index (κ1) is 12.7. The number of hydrogen-bond donors (Lipinski definition) is 0. The molecule has 1 heterocycles. The monoisotopic (exact) mass is 221 g/mol. The lowest BCUT2D eigenvalue weighted by Gasteiger charge is -2.27. The molecule has 0 bridgehead atoms. The fourth-order valence-corrected chi connectivity index (χ4v) is 1.73. The van der Waals surface area contributed by atoms with Crippen molar-refractivity contribution in [3.05, 3.63) is 34.2 Å². The zero-order chi connectivity index (χ0) is 12.1. The second kappa shape index (κ2) is 5.64. The zero-order valence-electron chi connectivity index (χ0n) is 10.2. The standard InChI is InChI=1S/C11H13NO2.C2H6/c1-8(13)10-6-3-7-12(11(10)14)9-4-2-5-9;1-2/h3,6-7,9H,2,4-5H2,1H3;1-2H3. The van der Waals surface area contributed by atoms with Crippen molar-refractivity contribution in [3.63, 3.8) is 0 Å². The van der Waals surface area contributed by atoms with Crippen molar-refractivity contribution in [3.8, 4) is 0 Å². The average Bonchev–Trinajstić information content (AvgIpc) is 2.21. The first-order valence-electron chi connectivity index (χ1n) is 5.92. The van der Waals surface area contributed by atoms with Crippen LogP contribution in [-0.2, 0) is 0 Å². The van der Waals surface area contributed by atoms with Gasteiger partial charge in [-0.25, -0.2) is 0 Å². The van der Waals surface area contributed by atoms with Gasteiger partial charge in [0.1, 0.15) is 0 Å². The normalized spacial score (nSPS) is 14.7. The average molecular weight is 221 g/mol. The van der Waals surface area contributed by atoms with Gasteiger partial charge >= 0.3 is 0 Å². The largest absolute Gasteiger partial charge is 0.312 e. The van der Waals surface area contributed by atoms with Gasteiger partial charge in [-0.2, -0.15) is 0 Å². The van der Waals surface area contributed by atoms with Crippen LogP contribution in [0.25, 0.3) is 0 Å². The van der Waals surface area contributed by atoms with Crippen LogP contribution in [0.3, 0.4) is 0 Å². The first-order chi connectivity index (χ1) is 7.70. The highest BCUT2D eigenvalue weighted by molar-refractivity contribution is 5.93. The fourth-order valence-electron chi connectivity index (χ4n) is 1.73. The lowest BCUT2D eigenvalue weighted by atomic mass is 9.92. The Morgan fingerprint density at radius 1 is 1.38 bits per heavy atom. The summed E-state index contributed by atoms with van der Waals surface area (Å²) in [7, 11) is 0. The van der Waals surface area contributed by atoms with E-state index in [1.165, 1.54) is 13.3 Å². The second-order valence-corrected chi connectivity index (χ2v) is 3.78. The van der Waals surface area contributed by atoms with E-state index in [0.717, 1.165) is 12.8 Å². The summed E-state index contributed by atoms with van der Waals surface area (Å²) < 4.78 is 1.69. The number of rotatable bonds is 2. The molecule has 1 aromatic rings. The molecular weight excluding hydrogens is 202 g/mol. The smallest absolute Gasteiger partial charge is 0.261 e. The molecule has 1 aromatic heterocycles. The minimum absolute atomic E-state index is 0.135. The van der Waals surface area contributed by atoms with Crippen LogP contribution in [0.1, 0.15) is 56.4 Å². The maximum Gasteiger partial charge on any atom is 0.261 e. The summed E-state index contributed by atoms with van der Waals surface area (Å²) in [5.74, 6) is -0.149. The van der Waals surface area contributed by atoms with Crippen LogP contribution in [0, 0.1) is 0 Å². The Morgan fingerprint density at radius 2 is 2.00 bits per heavy atom. The van der Waals surface area contributed by atoms with Crippen LogP contribution in [0.5, 0.6) is 0 Å². The van der Waals surface area contributed by atoms with Crippen LogP contribution >= 0.6 is 0 Å². The number of carbonyl (C=O) groups is 1.